The lowest BCUT2D eigenvalue weighted by Gasteiger charge is -2.13. The molecule has 4 nitrogen and oxygen atoms in total. The highest BCUT2D eigenvalue weighted by Crippen LogP contribution is 2.11. The van der Waals surface area contributed by atoms with Gasteiger partial charge in [-0.3, -0.25) is 9.87 Å². The Morgan fingerprint density at radius 1 is 1.38 bits per heavy atom. The fourth-order valence-corrected chi connectivity index (χ4v) is 1.53. The Bertz CT molecular complexity index is 290. The zero-order valence-corrected chi connectivity index (χ0v) is 9.39. The molecule has 1 heterocycles. The first kappa shape index (κ1) is 12.6. The highest BCUT2D eigenvalue weighted by molar-refractivity contribution is 5.36. The van der Waals surface area contributed by atoms with Crippen LogP contribution in [-0.4, -0.2) is 17.6 Å². The van der Waals surface area contributed by atoms with Crippen molar-refractivity contribution in [2.24, 2.45) is 0 Å². The van der Waals surface area contributed by atoms with E-state index in [2.05, 4.69) is 16.8 Å². The van der Waals surface area contributed by atoms with Gasteiger partial charge in [-0.05, 0) is 37.0 Å². The molecule has 1 aromatic rings. The largest absolute Gasteiger partial charge is 0.453 e. The summed E-state index contributed by atoms with van der Waals surface area (Å²) in [5.74, 6) is 0. The molecular weight excluding hydrogens is 206 g/mol. The van der Waals surface area contributed by atoms with E-state index in [0.29, 0.717) is 0 Å². The highest BCUT2D eigenvalue weighted by Gasteiger charge is 2.10. The highest BCUT2D eigenvalue weighted by atomic mass is 17.2. The summed E-state index contributed by atoms with van der Waals surface area (Å²) in [7, 11) is 0. The number of aromatic nitrogens is 1. The van der Waals surface area contributed by atoms with Crippen LogP contribution in [0.2, 0.25) is 0 Å². The number of hydrogen-bond acceptors (Lipinski definition) is 4. The van der Waals surface area contributed by atoms with Crippen molar-refractivity contribution in [2.75, 3.05) is 0 Å². The second-order valence-corrected chi connectivity index (χ2v) is 3.57. The lowest BCUT2D eigenvalue weighted by molar-refractivity contribution is -0.261. The molecule has 0 fully saturated rings. The van der Waals surface area contributed by atoms with Crippen LogP contribution in [0.5, 0.6) is 0 Å². The van der Waals surface area contributed by atoms with E-state index in [4.69, 9.17) is 4.89 Å². The smallest absolute Gasteiger partial charge is 0.285 e. The number of rotatable bonds is 8. The van der Waals surface area contributed by atoms with Crippen LogP contribution in [0.15, 0.2) is 24.5 Å². The molecule has 1 aromatic heterocycles. The number of hydrogen-bond donors (Lipinski definition) is 0. The Labute approximate surface area is 95.5 Å². The summed E-state index contributed by atoms with van der Waals surface area (Å²) in [4.78, 5) is 23.0. The van der Waals surface area contributed by atoms with Crippen molar-refractivity contribution in [1.82, 2.24) is 4.98 Å². The van der Waals surface area contributed by atoms with E-state index >= 15 is 0 Å². The molecule has 0 aliphatic carbocycles. The van der Waals surface area contributed by atoms with E-state index < -0.39 is 0 Å². The molecule has 1 unspecified atom stereocenters. The SMILES string of the molecule is CCCC(CCc1ccncc1)OO[C]=O. The monoisotopic (exact) mass is 222 g/mol. The number of nitrogens with zero attached hydrogens (tertiary/aromatic N) is 1. The Morgan fingerprint density at radius 3 is 2.75 bits per heavy atom. The van der Waals surface area contributed by atoms with E-state index in [9.17, 15) is 4.79 Å². The standard InChI is InChI=1S/C12H16NO3/c1-2-3-12(16-15-10-14)5-4-11-6-8-13-9-7-11/h6-9,12H,2-5H2,1H3. The molecule has 0 saturated heterocycles. The maximum Gasteiger partial charge on any atom is 0.453 e. The molecule has 0 amide bonds. The first-order chi connectivity index (χ1) is 7.86. The average molecular weight is 222 g/mol. The minimum Gasteiger partial charge on any atom is -0.285 e. The molecule has 0 spiro atoms. The van der Waals surface area contributed by atoms with Gasteiger partial charge in [-0.2, -0.15) is 4.89 Å². The van der Waals surface area contributed by atoms with Crippen molar-refractivity contribution >= 4 is 6.47 Å². The van der Waals surface area contributed by atoms with E-state index in [1.807, 2.05) is 12.1 Å². The van der Waals surface area contributed by atoms with Crippen LogP contribution in [0.1, 0.15) is 31.7 Å². The second-order valence-electron chi connectivity index (χ2n) is 3.57. The quantitative estimate of drug-likeness (QED) is 0.499. The number of carbonyl (C=O) groups excluding carboxylic acids is 1. The van der Waals surface area contributed by atoms with Crippen molar-refractivity contribution < 1.29 is 14.6 Å². The van der Waals surface area contributed by atoms with E-state index in [1.165, 1.54) is 12.0 Å². The summed E-state index contributed by atoms with van der Waals surface area (Å²) < 4.78 is 0. The molecule has 0 N–H and O–H groups in total. The van der Waals surface area contributed by atoms with Crippen LogP contribution in [0.25, 0.3) is 0 Å². The van der Waals surface area contributed by atoms with Gasteiger partial charge in [0.25, 0.3) is 0 Å². The molecule has 16 heavy (non-hydrogen) atoms. The predicted molar refractivity (Wildman–Crippen MR) is 59.1 cm³/mol. The van der Waals surface area contributed by atoms with Gasteiger partial charge in [0.05, 0.1) is 0 Å². The van der Waals surface area contributed by atoms with Gasteiger partial charge < -0.3 is 0 Å². The van der Waals surface area contributed by atoms with Crippen LogP contribution in [-0.2, 0) is 21.0 Å². The lowest BCUT2D eigenvalue weighted by Crippen LogP contribution is -2.14. The first-order valence-corrected chi connectivity index (χ1v) is 5.45. The molecule has 0 aliphatic heterocycles. The molecule has 0 saturated carbocycles. The van der Waals surface area contributed by atoms with Crippen molar-refractivity contribution in [1.29, 1.82) is 0 Å². The molecule has 1 radical (unpaired) electrons. The van der Waals surface area contributed by atoms with Gasteiger partial charge in [0, 0.05) is 12.4 Å². The molecule has 4 heteroatoms. The third kappa shape index (κ3) is 4.89. The van der Waals surface area contributed by atoms with Crippen LogP contribution in [0.3, 0.4) is 0 Å². The fraction of sp³-hybridized carbons (Fsp3) is 0.500. The molecule has 0 aliphatic rings. The van der Waals surface area contributed by atoms with Crippen molar-refractivity contribution in [3.63, 3.8) is 0 Å². The number of aryl methyl sites for hydroxylation is 1. The van der Waals surface area contributed by atoms with E-state index in [-0.39, 0.29) is 6.10 Å². The molecule has 1 rings (SSSR count). The van der Waals surface area contributed by atoms with E-state index in [1.54, 1.807) is 12.4 Å². The normalized spacial score (nSPS) is 12.1. The van der Waals surface area contributed by atoms with Gasteiger partial charge in [-0.15, -0.1) is 0 Å². The van der Waals surface area contributed by atoms with Gasteiger partial charge in [-0.1, -0.05) is 13.3 Å². The summed E-state index contributed by atoms with van der Waals surface area (Å²) in [5.41, 5.74) is 1.20. The first-order valence-electron chi connectivity index (χ1n) is 5.45. The molecule has 1 atom stereocenters. The molecule has 0 bridgehead atoms. The maximum absolute atomic E-state index is 9.91. The van der Waals surface area contributed by atoms with Gasteiger partial charge in [0.2, 0.25) is 0 Å². The summed E-state index contributed by atoms with van der Waals surface area (Å²) >= 11 is 0. The van der Waals surface area contributed by atoms with Gasteiger partial charge >= 0.3 is 6.47 Å². The third-order valence-electron chi connectivity index (χ3n) is 2.33. The Morgan fingerprint density at radius 2 is 2.12 bits per heavy atom. The van der Waals surface area contributed by atoms with E-state index in [0.717, 1.165) is 25.7 Å². The Balaban J connectivity index is 2.34. The summed E-state index contributed by atoms with van der Waals surface area (Å²) in [6, 6.07) is 3.94. The predicted octanol–water partition coefficient (Wildman–Crippen LogP) is 2.20. The van der Waals surface area contributed by atoms with Gasteiger partial charge in [0.15, 0.2) is 0 Å². The fourth-order valence-electron chi connectivity index (χ4n) is 1.53. The average Bonchev–Trinajstić information content (AvgIpc) is 2.34. The van der Waals surface area contributed by atoms with Crippen molar-refractivity contribution in [2.45, 2.75) is 38.7 Å². The lowest BCUT2D eigenvalue weighted by atomic mass is 10.1. The van der Waals surface area contributed by atoms with Crippen molar-refractivity contribution in [3.05, 3.63) is 30.1 Å². The number of pyridine rings is 1. The van der Waals surface area contributed by atoms with Gasteiger partial charge in [0.1, 0.15) is 6.10 Å². The van der Waals surface area contributed by atoms with Crippen LogP contribution >= 0.6 is 0 Å². The summed E-state index contributed by atoms with van der Waals surface area (Å²) in [6.45, 7) is 3.34. The topological polar surface area (TPSA) is 48.4 Å². The van der Waals surface area contributed by atoms with Crippen LogP contribution in [0, 0.1) is 0 Å². The maximum atomic E-state index is 9.91. The van der Waals surface area contributed by atoms with Gasteiger partial charge in [-0.25, -0.2) is 4.79 Å². The summed E-state index contributed by atoms with van der Waals surface area (Å²) in [6.07, 6.45) is 7.03. The minimum absolute atomic E-state index is 0.0559. The zero-order chi connectivity index (χ0) is 11.6. The third-order valence-corrected chi connectivity index (χ3v) is 2.33. The summed E-state index contributed by atoms with van der Waals surface area (Å²) in [5, 5.41) is 0. The Hall–Kier alpha value is -1.42. The molecule has 87 valence electrons. The molecular formula is C12H16NO3. The van der Waals surface area contributed by atoms with Crippen LogP contribution < -0.4 is 0 Å². The Kier molecular flexibility index (Phi) is 6.18. The second kappa shape index (κ2) is 7.82. The zero-order valence-electron chi connectivity index (χ0n) is 9.39. The van der Waals surface area contributed by atoms with Crippen molar-refractivity contribution in [3.8, 4) is 0 Å². The molecule has 0 aromatic carbocycles. The minimum atomic E-state index is -0.0559. The van der Waals surface area contributed by atoms with Crippen LogP contribution in [0.4, 0.5) is 0 Å².